The Morgan fingerprint density at radius 2 is 1.83 bits per heavy atom. The molecule has 30 heavy (non-hydrogen) atoms. The normalized spacial score (nSPS) is 11.4. The first-order chi connectivity index (χ1) is 14.6. The molecule has 148 valence electrons. The Bertz CT molecular complexity index is 1470. The molecule has 5 aromatic rings. The van der Waals surface area contributed by atoms with E-state index < -0.39 is 0 Å². The van der Waals surface area contributed by atoms with Crippen molar-refractivity contribution in [1.82, 2.24) is 24.1 Å². The lowest BCUT2D eigenvalue weighted by Gasteiger charge is -2.09. The van der Waals surface area contributed by atoms with Gasteiger partial charge < -0.3 is 5.11 Å². The lowest BCUT2D eigenvalue weighted by atomic mass is 10.0. The molecule has 5 rings (SSSR count). The van der Waals surface area contributed by atoms with E-state index in [0.29, 0.717) is 5.69 Å². The third-order valence-corrected chi connectivity index (χ3v) is 5.42. The van der Waals surface area contributed by atoms with Gasteiger partial charge in [0.1, 0.15) is 0 Å². The standard InChI is InChI=1S/C23H19N5O2/c1-14-20(4-3-9-24-14)28-22-18-10-15(16-5-7-17(13-29)25-11-16)6-8-19(18)26-12-21(22)27(2)23(28)30/h3-12,29H,13H2,1-2H3. The van der Waals surface area contributed by atoms with E-state index in [9.17, 15) is 9.90 Å². The van der Waals surface area contributed by atoms with E-state index in [2.05, 4.69) is 15.0 Å². The first-order valence-corrected chi connectivity index (χ1v) is 9.57. The quantitative estimate of drug-likeness (QED) is 0.506. The van der Waals surface area contributed by atoms with Gasteiger partial charge in [0.15, 0.2) is 0 Å². The number of nitrogens with zero attached hydrogens (tertiary/aromatic N) is 5. The van der Waals surface area contributed by atoms with Crippen molar-refractivity contribution in [2.24, 2.45) is 7.05 Å². The van der Waals surface area contributed by atoms with Gasteiger partial charge in [-0.3, -0.25) is 24.1 Å². The SMILES string of the molecule is Cc1ncccc1-n1c(=O)n(C)c2cnc3ccc(-c4ccc(CO)nc4)cc3c21. The number of aliphatic hydroxyl groups excluding tert-OH is 1. The fourth-order valence-electron chi connectivity index (χ4n) is 3.80. The highest BCUT2D eigenvalue weighted by Gasteiger charge is 2.18. The molecule has 4 heterocycles. The number of hydrogen-bond acceptors (Lipinski definition) is 5. The molecule has 0 aliphatic carbocycles. The third kappa shape index (κ3) is 2.71. The number of aromatic nitrogens is 5. The van der Waals surface area contributed by atoms with Gasteiger partial charge in [-0.2, -0.15) is 0 Å². The first kappa shape index (κ1) is 18.2. The molecule has 7 heteroatoms. The summed E-state index contributed by atoms with van der Waals surface area (Å²) in [5, 5.41) is 10.1. The number of fused-ring (bicyclic) bond motifs is 3. The Hall–Kier alpha value is -3.84. The summed E-state index contributed by atoms with van der Waals surface area (Å²) in [4.78, 5) is 26.4. The minimum atomic E-state index is -0.144. The van der Waals surface area contributed by atoms with E-state index in [0.717, 1.165) is 44.4 Å². The molecule has 0 radical (unpaired) electrons. The summed E-state index contributed by atoms with van der Waals surface area (Å²) < 4.78 is 3.32. The van der Waals surface area contributed by atoms with Crippen molar-refractivity contribution in [3.05, 3.63) is 82.9 Å². The van der Waals surface area contributed by atoms with Gasteiger partial charge in [-0.15, -0.1) is 0 Å². The van der Waals surface area contributed by atoms with Gasteiger partial charge in [0.25, 0.3) is 0 Å². The molecule has 0 saturated heterocycles. The van der Waals surface area contributed by atoms with Crippen LogP contribution in [-0.4, -0.2) is 29.2 Å². The maximum absolute atomic E-state index is 13.1. The highest BCUT2D eigenvalue weighted by molar-refractivity contribution is 6.04. The smallest absolute Gasteiger partial charge is 0.333 e. The molecule has 0 spiro atoms. The molecular weight excluding hydrogens is 378 g/mol. The van der Waals surface area contributed by atoms with Crippen LogP contribution in [0.1, 0.15) is 11.4 Å². The molecule has 0 saturated carbocycles. The maximum atomic E-state index is 13.1. The van der Waals surface area contributed by atoms with Gasteiger partial charge in [0.05, 0.1) is 46.4 Å². The molecule has 4 aromatic heterocycles. The van der Waals surface area contributed by atoms with Crippen molar-refractivity contribution in [1.29, 1.82) is 0 Å². The van der Waals surface area contributed by atoms with Crippen molar-refractivity contribution < 1.29 is 5.11 Å². The second-order valence-corrected chi connectivity index (χ2v) is 7.21. The van der Waals surface area contributed by atoms with Gasteiger partial charge >= 0.3 is 5.69 Å². The van der Waals surface area contributed by atoms with Crippen LogP contribution in [-0.2, 0) is 13.7 Å². The topological polar surface area (TPSA) is 85.8 Å². The van der Waals surface area contributed by atoms with E-state index in [1.54, 1.807) is 40.8 Å². The summed E-state index contributed by atoms with van der Waals surface area (Å²) in [7, 11) is 1.75. The van der Waals surface area contributed by atoms with Crippen molar-refractivity contribution in [3.8, 4) is 16.8 Å². The van der Waals surface area contributed by atoms with Crippen LogP contribution in [0.15, 0.2) is 65.8 Å². The fourth-order valence-corrected chi connectivity index (χ4v) is 3.80. The monoisotopic (exact) mass is 397 g/mol. The molecule has 0 aliphatic heterocycles. The van der Waals surface area contributed by atoms with E-state index >= 15 is 0 Å². The van der Waals surface area contributed by atoms with Gasteiger partial charge in [0, 0.05) is 30.4 Å². The number of aliphatic hydroxyl groups is 1. The summed E-state index contributed by atoms with van der Waals surface area (Å²) in [5.74, 6) is 0. The lowest BCUT2D eigenvalue weighted by Crippen LogP contribution is -2.21. The van der Waals surface area contributed by atoms with Crippen LogP contribution in [0.5, 0.6) is 0 Å². The van der Waals surface area contributed by atoms with E-state index in [4.69, 9.17) is 0 Å². The summed E-state index contributed by atoms with van der Waals surface area (Å²) in [6.07, 6.45) is 5.19. The Kier molecular flexibility index (Phi) is 4.18. The minimum absolute atomic E-state index is 0.0940. The average Bonchev–Trinajstić information content (AvgIpc) is 3.04. The van der Waals surface area contributed by atoms with Gasteiger partial charge in [-0.1, -0.05) is 12.1 Å². The molecule has 7 nitrogen and oxygen atoms in total. The maximum Gasteiger partial charge on any atom is 0.333 e. The highest BCUT2D eigenvalue weighted by Crippen LogP contribution is 2.30. The van der Waals surface area contributed by atoms with E-state index in [1.807, 2.05) is 43.3 Å². The van der Waals surface area contributed by atoms with Crippen molar-refractivity contribution in [3.63, 3.8) is 0 Å². The summed E-state index contributed by atoms with van der Waals surface area (Å²) in [6, 6.07) is 13.4. The Balaban J connectivity index is 1.85. The summed E-state index contributed by atoms with van der Waals surface area (Å²) in [5.41, 5.74) is 6.23. The molecule has 0 amide bonds. The van der Waals surface area contributed by atoms with Crippen LogP contribution in [0.3, 0.4) is 0 Å². The van der Waals surface area contributed by atoms with Crippen LogP contribution < -0.4 is 5.69 Å². The number of rotatable bonds is 3. The number of hydrogen-bond donors (Lipinski definition) is 1. The van der Waals surface area contributed by atoms with Gasteiger partial charge in [-0.25, -0.2) is 4.79 Å². The zero-order valence-corrected chi connectivity index (χ0v) is 16.6. The largest absolute Gasteiger partial charge is 0.390 e. The zero-order chi connectivity index (χ0) is 20.8. The predicted molar refractivity (Wildman–Crippen MR) is 116 cm³/mol. The summed E-state index contributed by atoms with van der Waals surface area (Å²) in [6.45, 7) is 1.80. The molecule has 0 aliphatic rings. The predicted octanol–water partition coefficient (Wildman–Crippen LogP) is 3.14. The van der Waals surface area contributed by atoms with E-state index in [1.165, 1.54) is 0 Å². The van der Waals surface area contributed by atoms with Crippen molar-refractivity contribution in [2.45, 2.75) is 13.5 Å². The third-order valence-electron chi connectivity index (χ3n) is 5.42. The lowest BCUT2D eigenvalue weighted by molar-refractivity contribution is 0.277. The molecule has 0 atom stereocenters. The van der Waals surface area contributed by atoms with Crippen LogP contribution in [0.2, 0.25) is 0 Å². The second kappa shape index (κ2) is 6.89. The molecule has 0 fully saturated rings. The number of imidazole rings is 1. The average molecular weight is 397 g/mol. The Morgan fingerprint density at radius 3 is 2.57 bits per heavy atom. The van der Waals surface area contributed by atoms with Gasteiger partial charge in [-0.05, 0) is 42.8 Å². The van der Waals surface area contributed by atoms with Crippen LogP contribution in [0.4, 0.5) is 0 Å². The first-order valence-electron chi connectivity index (χ1n) is 9.57. The van der Waals surface area contributed by atoms with Crippen LogP contribution >= 0.6 is 0 Å². The molecule has 1 aromatic carbocycles. The number of pyridine rings is 3. The number of aryl methyl sites for hydroxylation is 2. The molecule has 0 unspecified atom stereocenters. The van der Waals surface area contributed by atoms with Crippen molar-refractivity contribution in [2.75, 3.05) is 0 Å². The summed E-state index contributed by atoms with van der Waals surface area (Å²) >= 11 is 0. The molecule has 0 bridgehead atoms. The molecule has 1 N–H and O–H groups in total. The Morgan fingerprint density at radius 1 is 1.00 bits per heavy atom. The zero-order valence-electron chi connectivity index (χ0n) is 16.6. The van der Waals surface area contributed by atoms with Gasteiger partial charge in [0.2, 0.25) is 0 Å². The highest BCUT2D eigenvalue weighted by atomic mass is 16.3. The van der Waals surface area contributed by atoms with Crippen LogP contribution in [0, 0.1) is 6.92 Å². The minimum Gasteiger partial charge on any atom is -0.390 e. The van der Waals surface area contributed by atoms with Crippen molar-refractivity contribution >= 4 is 21.9 Å². The molecular formula is C23H19N5O2. The Labute approximate surface area is 171 Å². The number of benzene rings is 1. The second-order valence-electron chi connectivity index (χ2n) is 7.21. The fraction of sp³-hybridized carbons (Fsp3) is 0.130. The van der Waals surface area contributed by atoms with Crippen LogP contribution in [0.25, 0.3) is 38.8 Å². The van der Waals surface area contributed by atoms with E-state index in [-0.39, 0.29) is 12.3 Å².